The van der Waals surface area contributed by atoms with E-state index in [4.69, 9.17) is 0 Å². The van der Waals surface area contributed by atoms with Gasteiger partial charge in [-0.25, -0.2) is 12.8 Å². The molecule has 0 fully saturated rings. The Kier molecular flexibility index (Phi) is 5.27. The average molecular weight is 277 g/mol. The van der Waals surface area contributed by atoms with Gasteiger partial charge < -0.3 is 0 Å². The van der Waals surface area contributed by atoms with Crippen LogP contribution in [0.4, 0.5) is 10.1 Å². The molecule has 1 aromatic rings. The van der Waals surface area contributed by atoms with E-state index in [0.29, 0.717) is 5.75 Å². The lowest BCUT2D eigenvalue weighted by Crippen LogP contribution is -2.32. The zero-order valence-electron chi connectivity index (χ0n) is 9.89. The SMILES string of the molecule is CCSCCN(c1ccccc1F)S(C)(=O)=O. The Bertz CT molecular complexity index is 462. The van der Waals surface area contributed by atoms with Crippen LogP contribution in [0.1, 0.15) is 6.92 Å². The Hall–Kier alpha value is -0.750. The smallest absolute Gasteiger partial charge is 0.232 e. The van der Waals surface area contributed by atoms with Crippen molar-refractivity contribution in [1.82, 2.24) is 0 Å². The molecule has 1 rings (SSSR count). The van der Waals surface area contributed by atoms with Crippen LogP contribution < -0.4 is 4.31 Å². The molecule has 0 saturated carbocycles. The van der Waals surface area contributed by atoms with Crippen LogP contribution in [0, 0.1) is 5.82 Å². The van der Waals surface area contributed by atoms with Gasteiger partial charge in [0.2, 0.25) is 10.0 Å². The highest BCUT2D eigenvalue weighted by Crippen LogP contribution is 2.21. The fraction of sp³-hybridized carbons (Fsp3) is 0.455. The molecule has 1 aromatic carbocycles. The van der Waals surface area contributed by atoms with Gasteiger partial charge in [-0.15, -0.1) is 0 Å². The molecule has 0 bridgehead atoms. The van der Waals surface area contributed by atoms with Gasteiger partial charge in [0, 0.05) is 12.3 Å². The monoisotopic (exact) mass is 277 g/mol. The molecule has 0 atom stereocenters. The lowest BCUT2D eigenvalue weighted by atomic mass is 10.3. The fourth-order valence-corrected chi connectivity index (χ4v) is 3.05. The minimum Gasteiger partial charge on any atom is -0.267 e. The van der Waals surface area contributed by atoms with Crippen LogP contribution in [-0.4, -0.2) is 32.7 Å². The number of halogens is 1. The van der Waals surface area contributed by atoms with Crippen molar-refractivity contribution in [2.75, 3.05) is 28.6 Å². The predicted octanol–water partition coefficient (Wildman–Crippen LogP) is 2.34. The number of hydrogen-bond donors (Lipinski definition) is 0. The molecule has 0 aliphatic rings. The van der Waals surface area contributed by atoms with Crippen molar-refractivity contribution in [3.05, 3.63) is 30.1 Å². The number of hydrogen-bond acceptors (Lipinski definition) is 3. The van der Waals surface area contributed by atoms with E-state index in [1.807, 2.05) is 6.92 Å². The van der Waals surface area contributed by atoms with Crippen molar-refractivity contribution >= 4 is 27.5 Å². The highest BCUT2D eigenvalue weighted by molar-refractivity contribution is 7.99. The third-order valence-corrected chi connectivity index (χ3v) is 4.22. The number of sulfonamides is 1. The van der Waals surface area contributed by atoms with Crippen LogP contribution >= 0.6 is 11.8 Å². The van der Waals surface area contributed by atoms with Crippen LogP contribution in [-0.2, 0) is 10.0 Å². The molecule has 0 aliphatic heterocycles. The topological polar surface area (TPSA) is 37.4 Å². The molecule has 0 unspecified atom stereocenters. The van der Waals surface area contributed by atoms with Crippen LogP contribution in [0.15, 0.2) is 24.3 Å². The van der Waals surface area contributed by atoms with Crippen LogP contribution in [0.5, 0.6) is 0 Å². The number of anilines is 1. The molecule has 0 heterocycles. The van der Waals surface area contributed by atoms with E-state index in [-0.39, 0.29) is 12.2 Å². The molecular weight excluding hydrogens is 261 g/mol. The minimum atomic E-state index is -3.44. The van der Waals surface area contributed by atoms with E-state index in [1.165, 1.54) is 12.1 Å². The number of benzene rings is 1. The molecule has 0 N–H and O–H groups in total. The third kappa shape index (κ3) is 4.20. The zero-order valence-corrected chi connectivity index (χ0v) is 11.5. The van der Waals surface area contributed by atoms with Gasteiger partial charge in [-0.2, -0.15) is 11.8 Å². The number of rotatable bonds is 6. The molecule has 96 valence electrons. The molecule has 0 radical (unpaired) electrons. The Balaban J connectivity index is 2.96. The van der Waals surface area contributed by atoms with Gasteiger partial charge in [-0.1, -0.05) is 19.1 Å². The Morgan fingerprint density at radius 3 is 2.53 bits per heavy atom. The summed E-state index contributed by atoms with van der Waals surface area (Å²) < 4.78 is 37.9. The fourth-order valence-electron chi connectivity index (χ4n) is 1.41. The number of para-hydroxylation sites is 1. The van der Waals surface area contributed by atoms with E-state index in [1.54, 1.807) is 23.9 Å². The minimum absolute atomic E-state index is 0.117. The molecule has 6 heteroatoms. The van der Waals surface area contributed by atoms with Crippen molar-refractivity contribution in [3.63, 3.8) is 0 Å². The number of thioether (sulfide) groups is 1. The Morgan fingerprint density at radius 2 is 2.00 bits per heavy atom. The van der Waals surface area contributed by atoms with E-state index < -0.39 is 15.8 Å². The molecule has 0 amide bonds. The van der Waals surface area contributed by atoms with Crippen LogP contribution in [0.3, 0.4) is 0 Å². The van der Waals surface area contributed by atoms with Crippen molar-refractivity contribution in [2.24, 2.45) is 0 Å². The van der Waals surface area contributed by atoms with E-state index in [0.717, 1.165) is 16.3 Å². The van der Waals surface area contributed by atoms with Gasteiger partial charge in [-0.3, -0.25) is 4.31 Å². The Labute approximate surface area is 106 Å². The average Bonchev–Trinajstić information content (AvgIpc) is 2.24. The quantitative estimate of drug-likeness (QED) is 0.749. The summed E-state index contributed by atoms with van der Waals surface area (Å²) in [7, 11) is -3.44. The van der Waals surface area contributed by atoms with Crippen LogP contribution in [0.2, 0.25) is 0 Å². The first-order valence-corrected chi connectivity index (χ1v) is 8.27. The lowest BCUT2D eigenvalue weighted by molar-refractivity contribution is 0.592. The van der Waals surface area contributed by atoms with Crippen LogP contribution in [0.25, 0.3) is 0 Å². The molecule has 0 aromatic heterocycles. The summed E-state index contributed by atoms with van der Waals surface area (Å²) >= 11 is 1.62. The van der Waals surface area contributed by atoms with E-state index in [9.17, 15) is 12.8 Å². The molecule has 17 heavy (non-hydrogen) atoms. The van der Waals surface area contributed by atoms with Gasteiger partial charge in [0.15, 0.2) is 0 Å². The summed E-state index contributed by atoms with van der Waals surface area (Å²) in [5.41, 5.74) is 0.117. The van der Waals surface area contributed by atoms with Crippen molar-refractivity contribution in [2.45, 2.75) is 6.92 Å². The van der Waals surface area contributed by atoms with Crippen molar-refractivity contribution in [1.29, 1.82) is 0 Å². The second-order valence-electron chi connectivity index (χ2n) is 3.48. The second kappa shape index (κ2) is 6.26. The summed E-state index contributed by atoms with van der Waals surface area (Å²) in [6, 6.07) is 5.91. The first kappa shape index (κ1) is 14.3. The normalized spacial score (nSPS) is 11.5. The lowest BCUT2D eigenvalue weighted by Gasteiger charge is -2.22. The van der Waals surface area contributed by atoms with Gasteiger partial charge in [0.25, 0.3) is 0 Å². The van der Waals surface area contributed by atoms with Gasteiger partial charge in [-0.05, 0) is 17.9 Å². The summed E-state index contributed by atoms with van der Waals surface area (Å²) in [6.07, 6.45) is 1.09. The van der Waals surface area contributed by atoms with E-state index >= 15 is 0 Å². The molecule has 3 nitrogen and oxygen atoms in total. The van der Waals surface area contributed by atoms with Crippen molar-refractivity contribution < 1.29 is 12.8 Å². The highest BCUT2D eigenvalue weighted by atomic mass is 32.2. The summed E-state index contributed by atoms with van der Waals surface area (Å²) in [6.45, 7) is 2.29. The Morgan fingerprint density at radius 1 is 1.35 bits per heavy atom. The van der Waals surface area contributed by atoms with Gasteiger partial charge in [0.05, 0.1) is 11.9 Å². The summed E-state index contributed by atoms with van der Waals surface area (Å²) in [5, 5.41) is 0. The first-order valence-electron chi connectivity index (χ1n) is 5.26. The molecule has 0 aliphatic carbocycles. The number of nitrogens with zero attached hydrogens (tertiary/aromatic N) is 1. The zero-order chi connectivity index (χ0) is 12.9. The maximum absolute atomic E-state index is 13.6. The third-order valence-electron chi connectivity index (χ3n) is 2.16. The predicted molar refractivity (Wildman–Crippen MR) is 71.6 cm³/mol. The van der Waals surface area contributed by atoms with Gasteiger partial charge >= 0.3 is 0 Å². The molecule has 0 spiro atoms. The summed E-state index contributed by atoms with van der Waals surface area (Å²) in [5.74, 6) is 1.05. The largest absolute Gasteiger partial charge is 0.267 e. The highest BCUT2D eigenvalue weighted by Gasteiger charge is 2.19. The first-order chi connectivity index (χ1) is 7.96. The molecule has 0 saturated heterocycles. The summed E-state index contributed by atoms with van der Waals surface area (Å²) in [4.78, 5) is 0. The maximum atomic E-state index is 13.6. The van der Waals surface area contributed by atoms with Gasteiger partial charge in [0.1, 0.15) is 5.82 Å². The standard InChI is InChI=1S/C11H16FNO2S2/c1-3-16-9-8-13(17(2,14)15)11-7-5-4-6-10(11)12/h4-7H,3,8-9H2,1-2H3. The second-order valence-corrected chi connectivity index (χ2v) is 6.78. The molecular formula is C11H16FNO2S2. The van der Waals surface area contributed by atoms with E-state index in [2.05, 4.69) is 0 Å². The van der Waals surface area contributed by atoms with Crippen molar-refractivity contribution in [3.8, 4) is 0 Å². The maximum Gasteiger partial charge on any atom is 0.232 e.